The lowest BCUT2D eigenvalue weighted by molar-refractivity contribution is -0.128. The average Bonchev–Trinajstić information content (AvgIpc) is 3.44. The highest BCUT2D eigenvalue weighted by Gasteiger charge is 2.34. The molecule has 1 fully saturated rings. The van der Waals surface area contributed by atoms with Crippen molar-refractivity contribution in [3.05, 3.63) is 66.5 Å². The second kappa shape index (κ2) is 8.08. The maximum Gasteiger partial charge on any atom is 0.230 e. The first kappa shape index (κ1) is 18.0. The Kier molecular flexibility index (Phi) is 5.18. The zero-order chi connectivity index (χ0) is 19.3. The number of rotatable bonds is 7. The number of amides is 2. The predicted octanol–water partition coefficient (Wildman–Crippen LogP) is 2.10. The lowest BCUT2D eigenvalue weighted by atomic mass is 10.1. The molecule has 0 radical (unpaired) electrons. The van der Waals surface area contributed by atoms with Crippen LogP contribution in [-0.4, -0.2) is 38.0 Å². The number of nitrogens with zero attached hydrogens (tertiary/aromatic N) is 4. The van der Waals surface area contributed by atoms with Gasteiger partial charge in [0.1, 0.15) is 5.76 Å². The van der Waals surface area contributed by atoms with Crippen LogP contribution in [0.3, 0.4) is 0 Å². The molecule has 1 unspecified atom stereocenters. The maximum absolute atomic E-state index is 12.5. The van der Waals surface area contributed by atoms with Crippen molar-refractivity contribution in [1.82, 2.24) is 19.7 Å². The highest BCUT2D eigenvalue weighted by Crippen LogP contribution is 2.21. The third kappa shape index (κ3) is 4.28. The molecule has 0 aliphatic carbocycles. The summed E-state index contributed by atoms with van der Waals surface area (Å²) in [5, 5.41) is 7.21. The number of aryl methyl sites for hydroxylation is 2. The van der Waals surface area contributed by atoms with Crippen molar-refractivity contribution in [3.8, 4) is 0 Å². The van der Waals surface area contributed by atoms with Gasteiger partial charge in [0.15, 0.2) is 5.82 Å². The SMILES string of the molecule is O=C(Nc1ccn(CCc2ccncc2)n1)C1CC(=O)N(Cc2ccco2)C1. The number of likely N-dealkylation sites (tertiary alicyclic amines) is 1. The van der Waals surface area contributed by atoms with Crippen LogP contribution in [0.4, 0.5) is 5.82 Å². The number of carbonyl (C=O) groups is 2. The van der Waals surface area contributed by atoms with Gasteiger partial charge in [-0.2, -0.15) is 5.10 Å². The number of aromatic nitrogens is 3. The molecule has 1 N–H and O–H groups in total. The summed E-state index contributed by atoms with van der Waals surface area (Å²) in [7, 11) is 0. The second-order valence-corrected chi connectivity index (χ2v) is 6.81. The van der Waals surface area contributed by atoms with Crippen molar-refractivity contribution in [3.63, 3.8) is 0 Å². The molecule has 2 amide bonds. The van der Waals surface area contributed by atoms with Gasteiger partial charge in [-0.25, -0.2) is 0 Å². The molecule has 0 saturated carbocycles. The first-order valence-corrected chi connectivity index (χ1v) is 9.21. The Morgan fingerprint density at radius 2 is 2.11 bits per heavy atom. The lowest BCUT2D eigenvalue weighted by Gasteiger charge is -2.14. The number of furan rings is 1. The fourth-order valence-electron chi connectivity index (χ4n) is 3.27. The van der Waals surface area contributed by atoms with E-state index >= 15 is 0 Å². The zero-order valence-corrected chi connectivity index (χ0v) is 15.3. The van der Waals surface area contributed by atoms with Gasteiger partial charge >= 0.3 is 0 Å². The molecule has 8 nitrogen and oxygen atoms in total. The van der Waals surface area contributed by atoms with E-state index in [4.69, 9.17) is 4.42 Å². The Bertz CT molecular complexity index is 936. The highest BCUT2D eigenvalue weighted by molar-refractivity contribution is 5.96. The number of anilines is 1. The van der Waals surface area contributed by atoms with Crippen molar-refractivity contribution in [2.24, 2.45) is 5.92 Å². The summed E-state index contributed by atoms with van der Waals surface area (Å²) in [4.78, 5) is 30.4. The molecule has 1 aliphatic heterocycles. The van der Waals surface area contributed by atoms with Gasteiger partial charge in [0, 0.05) is 44.2 Å². The molecule has 3 aromatic rings. The van der Waals surface area contributed by atoms with Crippen molar-refractivity contribution in [2.45, 2.75) is 25.9 Å². The van der Waals surface area contributed by atoms with Crippen LogP contribution < -0.4 is 5.32 Å². The van der Waals surface area contributed by atoms with E-state index in [1.807, 2.05) is 24.4 Å². The maximum atomic E-state index is 12.5. The van der Waals surface area contributed by atoms with E-state index in [-0.39, 0.29) is 24.2 Å². The molecule has 28 heavy (non-hydrogen) atoms. The van der Waals surface area contributed by atoms with E-state index < -0.39 is 0 Å². The molecular formula is C20H21N5O3. The first-order valence-electron chi connectivity index (χ1n) is 9.21. The van der Waals surface area contributed by atoms with Crippen LogP contribution in [0.5, 0.6) is 0 Å². The van der Waals surface area contributed by atoms with Crippen LogP contribution in [0.2, 0.25) is 0 Å². The van der Waals surface area contributed by atoms with Gasteiger partial charge in [-0.15, -0.1) is 0 Å². The van der Waals surface area contributed by atoms with Crippen molar-refractivity contribution in [1.29, 1.82) is 0 Å². The summed E-state index contributed by atoms with van der Waals surface area (Å²) >= 11 is 0. The molecule has 144 valence electrons. The first-order chi connectivity index (χ1) is 13.7. The highest BCUT2D eigenvalue weighted by atomic mass is 16.3. The van der Waals surface area contributed by atoms with Crippen LogP contribution in [0.1, 0.15) is 17.7 Å². The van der Waals surface area contributed by atoms with Crippen LogP contribution in [0, 0.1) is 5.92 Å². The summed E-state index contributed by atoms with van der Waals surface area (Å²) in [6, 6.07) is 9.31. The Morgan fingerprint density at radius 3 is 2.89 bits per heavy atom. The largest absolute Gasteiger partial charge is 0.467 e. The van der Waals surface area contributed by atoms with E-state index in [9.17, 15) is 9.59 Å². The second-order valence-electron chi connectivity index (χ2n) is 6.81. The molecule has 0 aromatic carbocycles. The Balaban J connectivity index is 1.29. The molecule has 1 aliphatic rings. The number of carbonyl (C=O) groups excluding carboxylic acids is 2. The third-order valence-electron chi connectivity index (χ3n) is 4.78. The lowest BCUT2D eigenvalue weighted by Crippen LogP contribution is -2.28. The summed E-state index contributed by atoms with van der Waals surface area (Å²) in [6.07, 6.45) is 7.97. The number of nitrogens with one attached hydrogen (secondary N) is 1. The van der Waals surface area contributed by atoms with Gasteiger partial charge in [-0.1, -0.05) is 0 Å². The summed E-state index contributed by atoms with van der Waals surface area (Å²) in [6.45, 7) is 1.48. The predicted molar refractivity (Wildman–Crippen MR) is 101 cm³/mol. The van der Waals surface area contributed by atoms with Crippen molar-refractivity contribution < 1.29 is 14.0 Å². The molecular weight excluding hydrogens is 358 g/mol. The van der Waals surface area contributed by atoms with Crippen LogP contribution in [0.15, 0.2) is 59.6 Å². The normalized spacial score (nSPS) is 16.5. The Morgan fingerprint density at radius 1 is 1.25 bits per heavy atom. The standard InChI is InChI=1S/C20H21N5O3/c26-19-12-16(13-24(19)14-17-2-1-11-28-17)20(27)22-18-6-10-25(23-18)9-5-15-3-7-21-8-4-15/h1-4,6-8,10-11,16H,5,9,12-14H2,(H,22,23,27). The van der Waals surface area contributed by atoms with E-state index in [2.05, 4.69) is 15.4 Å². The van der Waals surface area contributed by atoms with E-state index in [0.717, 1.165) is 6.42 Å². The van der Waals surface area contributed by atoms with E-state index in [0.29, 0.717) is 31.2 Å². The number of hydrogen-bond donors (Lipinski definition) is 1. The molecule has 3 aromatic heterocycles. The fourth-order valence-corrected chi connectivity index (χ4v) is 3.27. The Labute approximate surface area is 162 Å². The van der Waals surface area contributed by atoms with E-state index in [1.165, 1.54) is 5.56 Å². The molecule has 0 spiro atoms. The summed E-state index contributed by atoms with van der Waals surface area (Å²) in [5.41, 5.74) is 1.18. The molecule has 1 atom stereocenters. The molecule has 1 saturated heterocycles. The monoisotopic (exact) mass is 379 g/mol. The topological polar surface area (TPSA) is 93.3 Å². The van der Waals surface area contributed by atoms with Gasteiger partial charge in [0.05, 0.1) is 18.7 Å². The molecule has 4 heterocycles. The zero-order valence-electron chi connectivity index (χ0n) is 15.3. The summed E-state index contributed by atoms with van der Waals surface area (Å²) < 4.78 is 7.07. The minimum atomic E-state index is -0.385. The van der Waals surface area contributed by atoms with E-state index in [1.54, 1.807) is 40.4 Å². The average molecular weight is 379 g/mol. The van der Waals surface area contributed by atoms with Crippen molar-refractivity contribution >= 4 is 17.6 Å². The van der Waals surface area contributed by atoms with Crippen LogP contribution in [-0.2, 0) is 29.1 Å². The number of hydrogen-bond acceptors (Lipinski definition) is 5. The third-order valence-corrected chi connectivity index (χ3v) is 4.78. The molecule has 8 heteroatoms. The van der Waals surface area contributed by atoms with Crippen LogP contribution >= 0.6 is 0 Å². The van der Waals surface area contributed by atoms with Gasteiger partial charge in [0.25, 0.3) is 0 Å². The molecule has 4 rings (SSSR count). The molecule has 0 bridgehead atoms. The summed E-state index contributed by atoms with van der Waals surface area (Å²) in [5.74, 6) is 0.595. The van der Waals surface area contributed by atoms with Crippen molar-refractivity contribution in [2.75, 3.05) is 11.9 Å². The van der Waals surface area contributed by atoms with Gasteiger partial charge in [-0.3, -0.25) is 19.3 Å². The smallest absolute Gasteiger partial charge is 0.230 e. The minimum absolute atomic E-state index is 0.0422. The quantitative estimate of drug-likeness (QED) is 0.679. The number of pyridine rings is 1. The van der Waals surface area contributed by atoms with Gasteiger partial charge in [-0.05, 0) is 36.2 Å². The van der Waals surface area contributed by atoms with Gasteiger partial charge in [0.2, 0.25) is 11.8 Å². The minimum Gasteiger partial charge on any atom is -0.467 e. The Hall–Kier alpha value is -3.42. The fraction of sp³-hybridized carbons (Fsp3) is 0.300. The van der Waals surface area contributed by atoms with Crippen LogP contribution in [0.25, 0.3) is 0 Å². The van der Waals surface area contributed by atoms with Gasteiger partial charge < -0.3 is 14.6 Å².